The number of aliphatic hydroxyl groups excluding tert-OH is 1. The predicted molar refractivity (Wildman–Crippen MR) is 76.7 cm³/mol. The van der Waals surface area contributed by atoms with Crippen LogP contribution in [0, 0.1) is 5.82 Å². The lowest BCUT2D eigenvalue weighted by Gasteiger charge is -2.24. The maximum atomic E-state index is 13.1. The summed E-state index contributed by atoms with van der Waals surface area (Å²) in [5, 5.41) is 19.7. The van der Waals surface area contributed by atoms with Crippen LogP contribution >= 0.6 is 0 Å². The second kappa shape index (κ2) is 5.73. The van der Waals surface area contributed by atoms with Gasteiger partial charge in [-0.05, 0) is 36.2 Å². The number of halogens is 1. The van der Waals surface area contributed by atoms with Crippen LogP contribution in [-0.4, -0.2) is 38.7 Å². The van der Waals surface area contributed by atoms with Crippen LogP contribution in [0.4, 0.5) is 4.39 Å². The molecule has 0 aliphatic carbocycles. The molecule has 0 saturated carbocycles. The highest BCUT2D eigenvalue weighted by molar-refractivity contribution is 5.95. The third kappa shape index (κ3) is 2.65. The Kier molecular flexibility index (Phi) is 3.77. The molecule has 3 rings (SSSR count). The predicted octanol–water partition coefficient (Wildman–Crippen LogP) is 1.87. The van der Waals surface area contributed by atoms with Crippen molar-refractivity contribution in [1.29, 1.82) is 0 Å². The minimum Gasteiger partial charge on any atom is -0.505 e. The summed E-state index contributed by atoms with van der Waals surface area (Å²) in [4.78, 5) is 17.9. The Labute approximate surface area is 126 Å². The molecule has 0 unspecified atom stereocenters. The molecule has 1 aromatic carbocycles. The van der Waals surface area contributed by atoms with Crippen LogP contribution in [0.2, 0.25) is 0 Å². The van der Waals surface area contributed by atoms with Crippen molar-refractivity contribution in [2.45, 2.75) is 18.6 Å². The minimum atomic E-state index is -0.662. The van der Waals surface area contributed by atoms with Gasteiger partial charge in [0.2, 0.25) is 0 Å². The third-order valence-electron chi connectivity index (χ3n) is 3.78. The maximum Gasteiger partial charge on any atom is 0.276 e. The van der Waals surface area contributed by atoms with Crippen LogP contribution in [0.5, 0.6) is 5.75 Å². The average molecular weight is 302 g/mol. The first-order valence-electron chi connectivity index (χ1n) is 6.94. The van der Waals surface area contributed by atoms with Crippen molar-refractivity contribution in [2.24, 2.45) is 0 Å². The Morgan fingerprint density at radius 1 is 1.27 bits per heavy atom. The molecule has 2 atom stereocenters. The summed E-state index contributed by atoms with van der Waals surface area (Å²) in [5.74, 6) is -1.02. The van der Waals surface area contributed by atoms with E-state index in [0.29, 0.717) is 6.42 Å². The number of aliphatic hydroxyl groups is 1. The molecule has 114 valence electrons. The highest BCUT2D eigenvalue weighted by Crippen LogP contribution is 2.34. The molecular formula is C16H15FN2O3. The number of rotatable bonds is 2. The van der Waals surface area contributed by atoms with Gasteiger partial charge >= 0.3 is 0 Å². The SMILES string of the molecule is O=C(c1ncccc1O)N1C[C@@H](O)C[C@@H]1c1ccc(F)cc1. The lowest BCUT2D eigenvalue weighted by Crippen LogP contribution is -2.32. The van der Waals surface area contributed by atoms with Gasteiger partial charge in [0.25, 0.3) is 5.91 Å². The third-order valence-corrected chi connectivity index (χ3v) is 3.78. The number of carbonyl (C=O) groups excluding carboxylic acids is 1. The molecule has 6 heteroatoms. The van der Waals surface area contributed by atoms with E-state index in [1.807, 2.05) is 0 Å². The van der Waals surface area contributed by atoms with Crippen LogP contribution in [0.25, 0.3) is 0 Å². The molecule has 1 aliphatic rings. The van der Waals surface area contributed by atoms with E-state index in [4.69, 9.17) is 0 Å². The molecule has 1 aliphatic heterocycles. The summed E-state index contributed by atoms with van der Waals surface area (Å²) in [6.07, 6.45) is 1.13. The van der Waals surface area contributed by atoms with E-state index in [2.05, 4.69) is 4.98 Å². The van der Waals surface area contributed by atoms with Crippen molar-refractivity contribution in [1.82, 2.24) is 9.88 Å². The molecule has 1 saturated heterocycles. The summed E-state index contributed by atoms with van der Waals surface area (Å²) < 4.78 is 13.1. The first-order chi connectivity index (χ1) is 10.6. The number of carbonyl (C=O) groups is 1. The average Bonchev–Trinajstić information content (AvgIpc) is 2.90. The van der Waals surface area contributed by atoms with Gasteiger partial charge in [0, 0.05) is 12.7 Å². The number of likely N-dealkylation sites (tertiary alicyclic amines) is 1. The molecule has 2 N–H and O–H groups in total. The van der Waals surface area contributed by atoms with E-state index in [1.54, 1.807) is 12.1 Å². The second-order valence-electron chi connectivity index (χ2n) is 5.29. The molecule has 1 aromatic heterocycles. The lowest BCUT2D eigenvalue weighted by atomic mass is 10.0. The van der Waals surface area contributed by atoms with Crippen LogP contribution < -0.4 is 0 Å². The molecule has 0 spiro atoms. The van der Waals surface area contributed by atoms with Crippen molar-refractivity contribution in [3.8, 4) is 5.75 Å². The summed E-state index contributed by atoms with van der Waals surface area (Å²) in [7, 11) is 0. The second-order valence-corrected chi connectivity index (χ2v) is 5.29. The molecule has 0 bridgehead atoms. The zero-order chi connectivity index (χ0) is 15.7. The van der Waals surface area contributed by atoms with Gasteiger partial charge in [-0.1, -0.05) is 12.1 Å². The summed E-state index contributed by atoms with van der Waals surface area (Å²) in [5.41, 5.74) is 0.686. The van der Waals surface area contributed by atoms with Gasteiger partial charge in [0.15, 0.2) is 5.69 Å². The van der Waals surface area contributed by atoms with Crippen LogP contribution in [0.15, 0.2) is 42.6 Å². The van der Waals surface area contributed by atoms with Crippen molar-refractivity contribution in [2.75, 3.05) is 6.54 Å². The largest absolute Gasteiger partial charge is 0.505 e. The number of benzene rings is 1. The lowest BCUT2D eigenvalue weighted by molar-refractivity contribution is 0.0706. The number of nitrogens with zero attached hydrogens (tertiary/aromatic N) is 2. The first kappa shape index (κ1) is 14.5. The van der Waals surface area contributed by atoms with Gasteiger partial charge < -0.3 is 15.1 Å². The molecule has 5 nitrogen and oxygen atoms in total. The monoisotopic (exact) mass is 302 g/mol. The van der Waals surface area contributed by atoms with E-state index in [0.717, 1.165) is 5.56 Å². The fraction of sp³-hybridized carbons (Fsp3) is 0.250. The van der Waals surface area contributed by atoms with E-state index in [9.17, 15) is 19.4 Å². The molecule has 22 heavy (non-hydrogen) atoms. The molecule has 0 radical (unpaired) electrons. The van der Waals surface area contributed by atoms with E-state index >= 15 is 0 Å². The van der Waals surface area contributed by atoms with Gasteiger partial charge in [-0.25, -0.2) is 9.37 Å². The number of aromatic hydroxyl groups is 1. The normalized spacial score (nSPS) is 21.1. The number of hydrogen-bond donors (Lipinski definition) is 2. The highest BCUT2D eigenvalue weighted by atomic mass is 19.1. The molecule has 1 fully saturated rings. The summed E-state index contributed by atoms with van der Waals surface area (Å²) >= 11 is 0. The number of pyridine rings is 1. The smallest absolute Gasteiger partial charge is 0.276 e. The number of β-amino-alcohol motifs (C(OH)–C–C–N with tert-alkyl or cyclic N) is 1. The Bertz CT molecular complexity index is 690. The minimum absolute atomic E-state index is 0.0521. The molecule has 2 heterocycles. The van der Waals surface area contributed by atoms with Gasteiger partial charge in [-0.15, -0.1) is 0 Å². The van der Waals surface area contributed by atoms with Gasteiger partial charge in [-0.2, -0.15) is 0 Å². The summed E-state index contributed by atoms with van der Waals surface area (Å²) in [6, 6.07) is 8.38. The molecule has 2 aromatic rings. The molecular weight excluding hydrogens is 287 g/mol. The van der Waals surface area contributed by atoms with Gasteiger partial charge in [-0.3, -0.25) is 4.79 Å². The Morgan fingerprint density at radius 2 is 2.00 bits per heavy atom. The standard InChI is InChI=1S/C16H15FN2O3/c17-11-5-3-10(4-6-11)13-8-12(20)9-19(13)16(22)15-14(21)2-1-7-18-15/h1-7,12-13,20-21H,8-9H2/t12-,13+/m0/s1. The van der Waals surface area contributed by atoms with Gasteiger partial charge in [0.1, 0.15) is 11.6 Å². The topological polar surface area (TPSA) is 73.7 Å². The first-order valence-corrected chi connectivity index (χ1v) is 6.94. The van der Waals surface area contributed by atoms with E-state index in [1.165, 1.54) is 35.4 Å². The fourth-order valence-corrected chi connectivity index (χ4v) is 2.74. The van der Waals surface area contributed by atoms with Crippen LogP contribution in [0.1, 0.15) is 28.5 Å². The zero-order valence-electron chi connectivity index (χ0n) is 11.7. The van der Waals surface area contributed by atoms with Crippen molar-refractivity contribution in [3.63, 3.8) is 0 Å². The van der Waals surface area contributed by atoms with Gasteiger partial charge in [0.05, 0.1) is 12.1 Å². The molecule has 1 amide bonds. The van der Waals surface area contributed by atoms with Crippen molar-refractivity contribution < 1.29 is 19.4 Å². The number of amides is 1. The van der Waals surface area contributed by atoms with E-state index in [-0.39, 0.29) is 29.8 Å². The quantitative estimate of drug-likeness (QED) is 0.888. The highest BCUT2D eigenvalue weighted by Gasteiger charge is 2.36. The Balaban J connectivity index is 1.92. The fourth-order valence-electron chi connectivity index (χ4n) is 2.74. The maximum absolute atomic E-state index is 13.1. The Hall–Kier alpha value is -2.47. The van der Waals surface area contributed by atoms with Crippen LogP contribution in [-0.2, 0) is 0 Å². The van der Waals surface area contributed by atoms with Crippen molar-refractivity contribution in [3.05, 3.63) is 59.7 Å². The van der Waals surface area contributed by atoms with Crippen molar-refractivity contribution >= 4 is 5.91 Å². The summed E-state index contributed by atoms with van der Waals surface area (Å²) in [6.45, 7) is 0.150. The number of aromatic nitrogens is 1. The van der Waals surface area contributed by atoms with E-state index < -0.39 is 12.0 Å². The zero-order valence-corrected chi connectivity index (χ0v) is 11.7. The Morgan fingerprint density at radius 3 is 2.68 bits per heavy atom. The number of hydrogen-bond acceptors (Lipinski definition) is 4. The van der Waals surface area contributed by atoms with Crippen LogP contribution in [0.3, 0.4) is 0 Å².